The predicted molar refractivity (Wildman–Crippen MR) is 86.5 cm³/mol. The van der Waals surface area contributed by atoms with Crippen molar-refractivity contribution < 1.29 is 8.42 Å². The van der Waals surface area contributed by atoms with Crippen molar-refractivity contribution >= 4 is 27.3 Å². The molecule has 0 N–H and O–H groups in total. The molecule has 1 saturated heterocycles. The van der Waals surface area contributed by atoms with Crippen LogP contribution in [0.2, 0.25) is 5.02 Å². The summed E-state index contributed by atoms with van der Waals surface area (Å²) in [5.74, 6) is 0.613. The molecule has 1 aliphatic rings. The average Bonchev–Trinajstić information content (AvgIpc) is 3.10. The third-order valence-electron chi connectivity index (χ3n) is 3.85. The van der Waals surface area contributed by atoms with Gasteiger partial charge in [0, 0.05) is 18.1 Å². The molecule has 0 radical (unpaired) electrons. The fourth-order valence-electron chi connectivity index (χ4n) is 2.55. The van der Waals surface area contributed by atoms with Crippen molar-refractivity contribution in [1.82, 2.24) is 15.0 Å². The van der Waals surface area contributed by atoms with Crippen molar-refractivity contribution in [3.05, 3.63) is 35.0 Å². The molecule has 1 aliphatic heterocycles. The van der Waals surface area contributed by atoms with Crippen LogP contribution in [0.15, 0.2) is 24.3 Å². The number of anilines is 1. The van der Waals surface area contributed by atoms with Crippen LogP contribution in [0.4, 0.5) is 5.82 Å². The third-order valence-corrected chi connectivity index (χ3v) is 5.85. The summed E-state index contributed by atoms with van der Waals surface area (Å²) in [7, 11) is -1.27. The van der Waals surface area contributed by atoms with Crippen molar-refractivity contribution in [3.8, 4) is 11.8 Å². The van der Waals surface area contributed by atoms with Crippen LogP contribution in [0.25, 0.3) is 5.69 Å². The van der Waals surface area contributed by atoms with Crippen molar-refractivity contribution in [2.75, 3.05) is 23.5 Å². The molecule has 2 heterocycles. The molecule has 0 bridgehead atoms. The first-order valence-electron chi connectivity index (χ1n) is 6.96. The van der Waals surface area contributed by atoms with Gasteiger partial charge in [-0.25, -0.2) is 8.42 Å². The minimum absolute atomic E-state index is 0.0716. The van der Waals surface area contributed by atoms with Gasteiger partial charge < -0.3 is 4.90 Å². The fraction of sp³-hybridized carbons (Fsp3) is 0.357. The number of sulfone groups is 1. The fourth-order valence-corrected chi connectivity index (χ4v) is 4.45. The number of nitrogens with zero attached hydrogens (tertiary/aromatic N) is 5. The van der Waals surface area contributed by atoms with Gasteiger partial charge >= 0.3 is 0 Å². The molecule has 0 spiro atoms. The van der Waals surface area contributed by atoms with Gasteiger partial charge in [0.25, 0.3) is 0 Å². The molecule has 3 rings (SSSR count). The Labute approximate surface area is 139 Å². The lowest BCUT2D eigenvalue weighted by atomic mass is 10.2. The van der Waals surface area contributed by atoms with Crippen molar-refractivity contribution in [3.63, 3.8) is 0 Å². The smallest absolute Gasteiger partial charge is 0.207 e. The van der Waals surface area contributed by atoms with Crippen LogP contribution < -0.4 is 4.90 Å². The summed E-state index contributed by atoms with van der Waals surface area (Å²) < 4.78 is 23.3. The van der Waals surface area contributed by atoms with E-state index in [0.29, 0.717) is 22.9 Å². The van der Waals surface area contributed by atoms with E-state index in [-0.39, 0.29) is 23.2 Å². The standard InChI is InChI=1S/C14H14ClN5O2S/c1-19(12-6-7-23(21,22)9-12)14-13(8-16)17-20(18-14)11-4-2-10(15)3-5-11/h2-5,12H,6-7,9H2,1H3. The second-order valence-electron chi connectivity index (χ2n) is 5.42. The molecule has 120 valence electrons. The number of aromatic nitrogens is 3. The molecule has 1 aromatic heterocycles. The number of hydrogen-bond acceptors (Lipinski definition) is 6. The maximum Gasteiger partial charge on any atom is 0.207 e. The summed E-state index contributed by atoms with van der Waals surface area (Å²) in [6.45, 7) is 0. The van der Waals surface area contributed by atoms with Crippen LogP contribution in [0.5, 0.6) is 0 Å². The van der Waals surface area contributed by atoms with Gasteiger partial charge in [0.2, 0.25) is 5.69 Å². The summed E-state index contributed by atoms with van der Waals surface area (Å²) in [4.78, 5) is 3.08. The van der Waals surface area contributed by atoms with E-state index in [2.05, 4.69) is 10.2 Å². The molecule has 9 heteroatoms. The number of rotatable bonds is 3. The van der Waals surface area contributed by atoms with Crippen molar-refractivity contribution in [2.45, 2.75) is 12.5 Å². The third kappa shape index (κ3) is 3.16. The minimum Gasteiger partial charge on any atom is -0.352 e. The molecule has 1 fully saturated rings. The van der Waals surface area contributed by atoms with Gasteiger partial charge in [-0.15, -0.1) is 15.0 Å². The lowest BCUT2D eigenvalue weighted by Gasteiger charge is -2.22. The Morgan fingerprint density at radius 1 is 1.35 bits per heavy atom. The molecule has 1 atom stereocenters. The van der Waals surface area contributed by atoms with Gasteiger partial charge in [-0.3, -0.25) is 0 Å². The van der Waals surface area contributed by atoms with Crippen LogP contribution in [-0.4, -0.2) is 48.0 Å². The predicted octanol–water partition coefficient (Wildman–Crippen LogP) is 1.42. The van der Waals surface area contributed by atoms with E-state index in [1.54, 1.807) is 36.2 Å². The lowest BCUT2D eigenvalue weighted by molar-refractivity contribution is 0.600. The first-order chi connectivity index (χ1) is 10.9. The van der Waals surface area contributed by atoms with E-state index < -0.39 is 9.84 Å². The second kappa shape index (κ2) is 5.83. The number of hydrogen-bond donors (Lipinski definition) is 0. The first kappa shape index (κ1) is 15.8. The maximum atomic E-state index is 11.6. The molecule has 1 aromatic carbocycles. The summed E-state index contributed by atoms with van der Waals surface area (Å²) >= 11 is 5.86. The zero-order chi connectivity index (χ0) is 16.6. The first-order valence-corrected chi connectivity index (χ1v) is 9.16. The highest BCUT2D eigenvalue weighted by atomic mass is 35.5. The van der Waals surface area contributed by atoms with Crippen LogP contribution in [0, 0.1) is 11.3 Å². The highest BCUT2D eigenvalue weighted by Crippen LogP contribution is 2.24. The molecular formula is C14H14ClN5O2S. The Balaban J connectivity index is 1.94. The highest BCUT2D eigenvalue weighted by Gasteiger charge is 2.33. The molecule has 2 aromatic rings. The number of benzene rings is 1. The maximum absolute atomic E-state index is 11.6. The van der Waals surface area contributed by atoms with Gasteiger partial charge in [0.05, 0.1) is 17.2 Å². The van der Waals surface area contributed by atoms with Crippen molar-refractivity contribution in [2.24, 2.45) is 0 Å². The van der Waals surface area contributed by atoms with Gasteiger partial charge in [-0.2, -0.15) is 5.26 Å². The van der Waals surface area contributed by atoms with E-state index in [1.807, 2.05) is 6.07 Å². The Hall–Kier alpha value is -2.11. The van der Waals surface area contributed by atoms with Crippen molar-refractivity contribution in [1.29, 1.82) is 5.26 Å². The van der Waals surface area contributed by atoms with E-state index in [0.717, 1.165) is 0 Å². The van der Waals surface area contributed by atoms with E-state index in [1.165, 1.54) is 4.80 Å². The molecular weight excluding hydrogens is 338 g/mol. The molecule has 23 heavy (non-hydrogen) atoms. The summed E-state index contributed by atoms with van der Waals surface area (Å²) in [5, 5.41) is 18.4. The van der Waals surface area contributed by atoms with Gasteiger partial charge in [0.15, 0.2) is 15.7 Å². The lowest BCUT2D eigenvalue weighted by Crippen LogP contribution is -2.33. The summed E-state index contributed by atoms with van der Waals surface area (Å²) in [6, 6.07) is 8.72. The zero-order valence-corrected chi connectivity index (χ0v) is 13.9. The highest BCUT2D eigenvalue weighted by molar-refractivity contribution is 7.91. The number of nitriles is 1. The topological polar surface area (TPSA) is 91.9 Å². The Bertz CT molecular complexity index is 870. The Morgan fingerprint density at radius 2 is 2.04 bits per heavy atom. The normalized spacial score (nSPS) is 19.4. The summed E-state index contributed by atoms with van der Waals surface area (Å²) in [5.41, 5.74) is 0.830. The van der Waals surface area contributed by atoms with E-state index >= 15 is 0 Å². The number of halogens is 1. The summed E-state index contributed by atoms with van der Waals surface area (Å²) in [6.07, 6.45) is 0.525. The quantitative estimate of drug-likeness (QED) is 0.830. The van der Waals surface area contributed by atoms with Gasteiger partial charge in [-0.05, 0) is 30.7 Å². The minimum atomic E-state index is -3.01. The average molecular weight is 352 g/mol. The molecule has 0 amide bonds. The molecule has 1 unspecified atom stereocenters. The van der Waals surface area contributed by atoms with Crippen LogP contribution in [-0.2, 0) is 9.84 Å². The zero-order valence-electron chi connectivity index (χ0n) is 12.3. The molecule has 0 saturated carbocycles. The Morgan fingerprint density at radius 3 is 2.61 bits per heavy atom. The van der Waals surface area contributed by atoms with Crippen LogP contribution in [0.1, 0.15) is 12.1 Å². The molecule has 0 aliphatic carbocycles. The van der Waals surface area contributed by atoms with Crippen LogP contribution in [0.3, 0.4) is 0 Å². The van der Waals surface area contributed by atoms with E-state index in [9.17, 15) is 13.7 Å². The second-order valence-corrected chi connectivity index (χ2v) is 8.08. The Kier molecular flexibility index (Phi) is 4.00. The van der Waals surface area contributed by atoms with Gasteiger partial charge in [0.1, 0.15) is 6.07 Å². The monoisotopic (exact) mass is 351 g/mol. The van der Waals surface area contributed by atoms with Crippen LogP contribution >= 0.6 is 11.6 Å². The SMILES string of the molecule is CN(c1nn(-c2ccc(Cl)cc2)nc1C#N)C1CCS(=O)(=O)C1. The molecule has 7 nitrogen and oxygen atoms in total. The van der Waals surface area contributed by atoms with E-state index in [4.69, 9.17) is 11.6 Å². The van der Waals surface area contributed by atoms with Gasteiger partial charge in [-0.1, -0.05) is 11.6 Å². The largest absolute Gasteiger partial charge is 0.352 e.